The number of hydrogen-bond acceptors (Lipinski definition) is 5. The molecule has 2 aliphatic rings. The minimum absolute atomic E-state index is 0.00788. The number of carbonyl (C=O) groups excluding carboxylic acids is 1. The van der Waals surface area contributed by atoms with Crippen LogP contribution in [-0.2, 0) is 14.2 Å². The second kappa shape index (κ2) is 7.38. The molecule has 1 aromatic carbocycles. The van der Waals surface area contributed by atoms with E-state index in [9.17, 15) is 9.90 Å². The van der Waals surface area contributed by atoms with E-state index >= 15 is 0 Å². The summed E-state index contributed by atoms with van der Waals surface area (Å²) in [5.74, 6) is -1.20. The van der Waals surface area contributed by atoms with E-state index < -0.39 is 16.8 Å². The molecule has 0 saturated carbocycles. The molecule has 1 aliphatic heterocycles. The molecule has 29 heavy (non-hydrogen) atoms. The normalized spacial score (nSPS) is 33.9. The lowest BCUT2D eigenvalue weighted by atomic mass is 9.63. The van der Waals surface area contributed by atoms with Crippen molar-refractivity contribution in [1.82, 2.24) is 0 Å². The van der Waals surface area contributed by atoms with Gasteiger partial charge >= 0.3 is 5.97 Å². The molecule has 1 aromatic rings. The second-order valence-electron chi connectivity index (χ2n) is 8.98. The standard InChI is InChI=1S/C24H32O5/c1-15-9-8-10-19(20(15)21(25)27-7)11-12-24(26)16(2)13-23(14-22(24,5)6)28-17(3)18(4)29-23/h8-13,17-18,26H,14H2,1-7H3/b12-11+. The Labute approximate surface area is 173 Å². The summed E-state index contributed by atoms with van der Waals surface area (Å²) in [5.41, 5.74) is 1.05. The Morgan fingerprint density at radius 2 is 1.83 bits per heavy atom. The molecule has 158 valence electrons. The number of methoxy groups -OCH3 is 1. The second-order valence-corrected chi connectivity index (χ2v) is 8.98. The molecule has 5 nitrogen and oxygen atoms in total. The quantitative estimate of drug-likeness (QED) is 0.601. The monoisotopic (exact) mass is 400 g/mol. The molecule has 1 saturated heterocycles. The summed E-state index contributed by atoms with van der Waals surface area (Å²) in [6, 6.07) is 5.61. The van der Waals surface area contributed by atoms with Crippen molar-refractivity contribution < 1.29 is 24.1 Å². The first kappa shape index (κ1) is 21.8. The summed E-state index contributed by atoms with van der Waals surface area (Å²) in [6.07, 6.45) is 5.98. The first-order valence-corrected chi connectivity index (χ1v) is 10.1. The molecule has 0 amide bonds. The van der Waals surface area contributed by atoms with Crippen LogP contribution in [0.25, 0.3) is 6.08 Å². The minimum Gasteiger partial charge on any atom is -0.465 e. The van der Waals surface area contributed by atoms with Gasteiger partial charge in [-0.25, -0.2) is 4.79 Å². The smallest absolute Gasteiger partial charge is 0.338 e. The molecular formula is C24H32O5. The largest absolute Gasteiger partial charge is 0.465 e. The van der Waals surface area contributed by atoms with Crippen LogP contribution in [0.5, 0.6) is 0 Å². The molecular weight excluding hydrogens is 368 g/mol. The molecule has 0 bridgehead atoms. The Hall–Kier alpha value is -1.95. The molecule has 1 N–H and O–H groups in total. The lowest BCUT2D eigenvalue weighted by molar-refractivity contribution is -0.183. The van der Waals surface area contributed by atoms with Crippen LogP contribution < -0.4 is 0 Å². The van der Waals surface area contributed by atoms with Gasteiger partial charge in [0.1, 0.15) is 5.60 Å². The maximum atomic E-state index is 12.2. The molecule has 3 unspecified atom stereocenters. The van der Waals surface area contributed by atoms with E-state index in [1.165, 1.54) is 7.11 Å². The number of hydrogen-bond donors (Lipinski definition) is 1. The molecule has 3 rings (SSSR count). The molecule has 1 spiro atoms. The van der Waals surface area contributed by atoms with Crippen LogP contribution in [0.3, 0.4) is 0 Å². The molecule has 1 heterocycles. The maximum Gasteiger partial charge on any atom is 0.338 e. The van der Waals surface area contributed by atoms with Gasteiger partial charge in [-0.2, -0.15) is 0 Å². The lowest BCUT2D eigenvalue weighted by Crippen LogP contribution is -2.53. The predicted molar refractivity (Wildman–Crippen MR) is 112 cm³/mol. The molecule has 5 heteroatoms. The van der Waals surface area contributed by atoms with Crippen molar-refractivity contribution >= 4 is 12.0 Å². The first-order valence-electron chi connectivity index (χ1n) is 10.1. The summed E-state index contributed by atoms with van der Waals surface area (Å²) in [6.45, 7) is 11.8. The fraction of sp³-hybridized carbons (Fsp3) is 0.542. The highest BCUT2D eigenvalue weighted by Crippen LogP contribution is 2.52. The van der Waals surface area contributed by atoms with E-state index in [1.54, 1.807) is 12.2 Å². The summed E-state index contributed by atoms with van der Waals surface area (Å²) in [5, 5.41) is 11.7. The van der Waals surface area contributed by atoms with E-state index in [0.29, 0.717) is 17.5 Å². The number of ether oxygens (including phenoxy) is 3. The van der Waals surface area contributed by atoms with Gasteiger partial charge in [-0.15, -0.1) is 0 Å². The fourth-order valence-electron chi connectivity index (χ4n) is 4.55. The van der Waals surface area contributed by atoms with Gasteiger partial charge in [-0.1, -0.05) is 38.1 Å². The van der Waals surface area contributed by atoms with Gasteiger partial charge in [-0.05, 0) is 56.5 Å². The third kappa shape index (κ3) is 3.67. The zero-order chi connectivity index (χ0) is 21.6. The van der Waals surface area contributed by atoms with Gasteiger partial charge in [0.15, 0.2) is 5.79 Å². The molecule has 0 aromatic heterocycles. The Morgan fingerprint density at radius 1 is 1.21 bits per heavy atom. The third-order valence-electron chi connectivity index (χ3n) is 6.39. The van der Waals surface area contributed by atoms with Gasteiger partial charge in [-0.3, -0.25) is 0 Å². The van der Waals surface area contributed by atoms with Crippen LogP contribution in [-0.4, -0.2) is 41.8 Å². The van der Waals surface area contributed by atoms with Crippen LogP contribution >= 0.6 is 0 Å². The zero-order valence-electron chi connectivity index (χ0n) is 18.4. The van der Waals surface area contributed by atoms with Crippen molar-refractivity contribution in [3.8, 4) is 0 Å². The van der Waals surface area contributed by atoms with E-state index in [-0.39, 0.29) is 18.2 Å². The average Bonchev–Trinajstić information content (AvgIpc) is 2.90. The van der Waals surface area contributed by atoms with E-state index in [0.717, 1.165) is 11.1 Å². The number of aryl methyl sites for hydroxylation is 1. The average molecular weight is 401 g/mol. The van der Waals surface area contributed by atoms with Crippen LogP contribution in [0.15, 0.2) is 35.9 Å². The predicted octanol–water partition coefficient (Wildman–Crippen LogP) is 4.42. The minimum atomic E-state index is -1.21. The van der Waals surface area contributed by atoms with Gasteiger partial charge in [0.25, 0.3) is 0 Å². The molecule has 1 aliphatic carbocycles. The van der Waals surface area contributed by atoms with E-state index in [4.69, 9.17) is 14.2 Å². The highest BCUT2D eigenvalue weighted by Gasteiger charge is 2.56. The Balaban J connectivity index is 2.01. The number of rotatable bonds is 3. The number of carbonyl (C=O) groups is 1. The van der Waals surface area contributed by atoms with Gasteiger partial charge in [0.05, 0.1) is 24.9 Å². The van der Waals surface area contributed by atoms with Crippen LogP contribution in [0.4, 0.5) is 0 Å². The molecule has 0 radical (unpaired) electrons. The third-order valence-corrected chi connectivity index (χ3v) is 6.39. The summed E-state index contributed by atoms with van der Waals surface area (Å²) >= 11 is 0. The van der Waals surface area contributed by atoms with Crippen molar-refractivity contribution in [2.75, 3.05) is 7.11 Å². The van der Waals surface area contributed by atoms with Crippen LogP contribution in [0.1, 0.15) is 62.5 Å². The highest BCUT2D eigenvalue weighted by molar-refractivity contribution is 5.95. The zero-order valence-corrected chi connectivity index (χ0v) is 18.4. The van der Waals surface area contributed by atoms with Crippen molar-refractivity contribution in [2.24, 2.45) is 5.41 Å². The Morgan fingerprint density at radius 3 is 2.38 bits per heavy atom. The first-order chi connectivity index (χ1) is 13.4. The topological polar surface area (TPSA) is 65.0 Å². The van der Waals surface area contributed by atoms with Crippen LogP contribution in [0, 0.1) is 12.3 Å². The number of esters is 1. The summed E-state index contributed by atoms with van der Waals surface area (Å²) < 4.78 is 17.2. The Kier molecular flexibility index (Phi) is 5.54. The molecule has 3 atom stereocenters. The van der Waals surface area contributed by atoms with E-state index in [1.807, 2.05) is 65.8 Å². The highest BCUT2D eigenvalue weighted by atomic mass is 16.8. The van der Waals surface area contributed by atoms with Gasteiger partial charge < -0.3 is 19.3 Å². The summed E-state index contributed by atoms with van der Waals surface area (Å²) in [7, 11) is 1.37. The van der Waals surface area contributed by atoms with Gasteiger partial charge in [0, 0.05) is 11.8 Å². The molecule has 1 fully saturated rings. The van der Waals surface area contributed by atoms with Crippen molar-refractivity contribution in [1.29, 1.82) is 0 Å². The van der Waals surface area contributed by atoms with Crippen molar-refractivity contribution in [3.63, 3.8) is 0 Å². The number of aliphatic hydroxyl groups is 1. The fourth-order valence-corrected chi connectivity index (χ4v) is 4.55. The maximum absolute atomic E-state index is 12.2. The van der Waals surface area contributed by atoms with Gasteiger partial charge in [0.2, 0.25) is 0 Å². The van der Waals surface area contributed by atoms with Crippen molar-refractivity contribution in [2.45, 2.75) is 71.6 Å². The summed E-state index contributed by atoms with van der Waals surface area (Å²) in [4.78, 5) is 12.2. The lowest BCUT2D eigenvalue weighted by Gasteiger charge is -2.49. The van der Waals surface area contributed by atoms with Crippen molar-refractivity contribution in [3.05, 3.63) is 52.6 Å². The SMILES string of the molecule is COC(=O)c1c(C)cccc1/C=C/C1(O)C(C)=CC2(CC1(C)C)OC(C)C(C)O2. The van der Waals surface area contributed by atoms with Crippen LogP contribution in [0.2, 0.25) is 0 Å². The van der Waals surface area contributed by atoms with E-state index in [2.05, 4.69) is 0 Å². The Bertz CT molecular complexity index is 856. The number of benzene rings is 1.